The van der Waals surface area contributed by atoms with Crippen LogP contribution in [0.25, 0.3) is 0 Å². The predicted molar refractivity (Wildman–Crippen MR) is 102 cm³/mol. The highest BCUT2D eigenvalue weighted by Crippen LogP contribution is 2.52. The molecule has 3 nitrogen and oxygen atoms in total. The third-order valence-electron chi connectivity index (χ3n) is 5.31. The lowest BCUT2D eigenvalue weighted by atomic mass is 10.1. The van der Waals surface area contributed by atoms with Gasteiger partial charge >= 0.3 is 0 Å². The molecule has 0 radical (unpaired) electrons. The molecule has 1 heterocycles. The van der Waals surface area contributed by atoms with Crippen molar-refractivity contribution in [3.05, 3.63) is 54.1 Å². The van der Waals surface area contributed by atoms with E-state index in [0.29, 0.717) is 6.17 Å². The third kappa shape index (κ3) is 2.40. The molecule has 0 aliphatic carbocycles. The summed E-state index contributed by atoms with van der Waals surface area (Å²) < 4.78 is 2.61. The van der Waals surface area contributed by atoms with Crippen LogP contribution in [0.4, 0.5) is 17.1 Å². The minimum atomic E-state index is 0.369. The lowest BCUT2D eigenvalue weighted by molar-refractivity contribution is 0.171. The third-order valence-corrected chi connectivity index (χ3v) is 5.31. The van der Waals surface area contributed by atoms with Gasteiger partial charge in [-0.2, -0.15) is 0 Å². The fourth-order valence-electron chi connectivity index (χ4n) is 4.26. The molecule has 3 heteroatoms. The van der Waals surface area contributed by atoms with Crippen LogP contribution in [0, 0.1) is 0 Å². The van der Waals surface area contributed by atoms with Gasteiger partial charge < -0.3 is 0 Å². The molecule has 0 N–H and O–H groups in total. The van der Waals surface area contributed by atoms with Crippen molar-refractivity contribution in [2.75, 3.05) is 49.3 Å². The summed E-state index contributed by atoms with van der Waals surface area (Å²) in [4.78, 5) is 0. The molecular weight excluding hydrogens is 282 g/mol. The molecule has 0 saturated heterocycles. The maximum Gasteiger partial charge on any atom is 0.252 e. The van der Waals surface area contributed by atoms with Crippen molar-refractivity contribution in [1.29, 1.82) is 0 Å². The molecule has 0 fully saturated rings. The van der Waals surface area contributed by atoms with E-state index in [4.69, 9.17) is 0 Å². The fourth-order valence-corrected chi connectivity index (χ4v) is 4.26. The Bertz CT molecular complexity index is 686. The van der Waals surface area contributed by atoms with Gasteiger partial charge in [0.05, 0.1) is 54.9 Å². The number of quaternary nitrogens is 3. The highest BCUT2D eigenvalue weighted by atomic mass is 15.6. The summed E-state index contributed by atoms with van der Waals surface area (Å²) in [6.07, 6.45) is 0.369. The highest BCUT2D eigenvalue weighted by molar-refractivity contribution is 5.72. The number of nitrogens with zero attached hydrogens (tertiary/aromatic N) is 3. The summed E-state index contributed by atoms with van der Waals surface area (Å²) in [6.45, 7) is 0. The molecule has 23 heavy (non-hydrogen) atoms. The lowest BCUT2D eigenvalue weighted by Gasteiger charge is -2.36. The van der Waals surface area contributed by atoms with Crippen molar-refractivity contribution in [2.24, 2.45) is 0 Å². The standard InChI is InChI=1S/C20H30N3/c1-21(2,3)17-14-12-16(13-15-17)20-22(4,5)18-10-8-9-11-19(18)23(20,6)7/h8-15,20H,1-7H3/q+3. The van der Waals surface area contributed by atoms with Gasteiger partial charge in [0.25, 0.3) is 6.17 Å². The van der Waals surface area contributed by atoms with E-state index in [1.165, 1.54) is 22.6 Å². The minimum Gasteiger partial charge on any atom is -0.298 e. The van der Waals surface area contributed by atoms with Crippen molar-refractivity contribution in [3.63, 3.8) is 0 Å². The summed E-state index contributed by atoms with van der Waals surface area (Å²) >= 11 is 0. The largest absolute Gasteiger partial charge is 0.298 e. The first kappa shape index (κ1) is 16.2. The number of rotatable bonds is 2. The van der Waals surface area contributed by atoms with Gasteiger partial charge in [-0.15, -0.1) is 0 Å². The van der Waals surface area contributed by atoms with Crippen LogP contribution < -0.4 is 13.4 Å². The normalized spacial score (nSPS) is 19.6. The van der Waals surface area contributed by atoms with Crippen LogP contribution in [0.1, 0.15) is 11.7 Å². The minimum absolute atomic E-state index is 0.369. The van der Waals surface area contributed by atoms with Crippen molar-refractivity contribution < 1.29 is 0 Å². The van der Waals surface area contributed by atoms with E-state index in [1.54, 1.807) is 0 Å². The molecule has 0 bridgehead atoms. The Morgan fingerprint density at radius 1 is 0.696 bits per heavy atom. The fraction of sp³-hybridized carbons (Fsp3) is 0.400. The van der Waals surface area contributed by atoms with E-state index in [2.05, 4.69) is 97.9 Å². The molecule has 0 unspecified atom stereocenters. The van der Waals surface area contributed by atoms with E-state index in [9.17, 15) is 0 Å². The van der Waals surface area contributed by atoms with E-state index in [-0.39, 0.29) is 0 Å². The van der Waals surface area contributed by atoms with Crippen molar-refractivity contribution in [2.45, 2.75) is 6.17 Å². The van der Waals surface area contributed by atoms with E-state index in [0.717, 1.165) is 13.4 Å². The number of hydrogen-bond acceptors (Lipinski definition) is 0. The van der Waals surface area contributed by atoms with Crippen LogP contribution in [0.5, 0.6) is 0 Å². The van der Waals surface area contributed by atoms with Gasteiger partial charge in [-0.05, 0) is 24.3 Å². The number of fused-ring (bicyclic) bond motifs is 1. The Kier molecular flexibility index (Phi) is 3.45. The summed E-state index contributed by atoms with van der Waals surface area (Å²) in [5.41, 5.74) is 5.56. The van der Waals surface area contributed by atoms with Crippen LogP contribution in [-0.4, -0.2) is 49.3 Å². The van der Waals surface area contributed by atoms with Crippen LogP contribution in [0.2, 0.25) is 0 Å². The zero-order valence-electron chi connectivity index (χ0n) is 15.5. The Labute approximate surface area is 140 Å². The first-order chi connectivity index (χ1) is 10.6. The maximum absolute atomic E-state index is 2.32. The van der Waals surface area contributed by atoms with Gasteiger partial charge in [0.15, 0.2) is 11.4 Å². The van der Waals surface area contributed by atoms with Gasteiger partial charge in [-0.1, -0.05) is 12.1 Å². The first-order valence-electron chi connectivity index (χ1n) is 8.26. The second-order valence-electron chi connectivity index (χ2n) is 8.55. The molecule has 0 saturated carbocycles. The lowest BCUT2D eigenvalue weighted by Crippen LogP contribution is -2.54. The molecule has 3 rings (SSSR count). The summed E-state index contributed by atoms with van der Waals surface area (Å²) in [5, 5.41) is 0. The molecule has 122 valence electrons. The predicted octanol–water partition coefficient (Wildman–Crippen LogP) is 3.73. The zero-order chi connectivity index (χ0) is 17.0. The topological polar surface area (TPSA) is 0 Å². The Morgan fingerprint density at radius 2 is 1.13 bits per heavy atom. The zero-order valence-corrected chi connectivity index (χ0v) is 15.5. The molecule has 1 aliphatic heterocycles. The van der Waals surface area contributed by atoms with Gasteiger partial charge in [0, 0.05) is 12.1 Å². The van der Waals surface area contributed by atoms with E-state index in [1.807, 2.05) is 0 Å². The summed E-state index contributed by atoms with van der Waals surface area (Å²) in [6, 6.07) is 18.0. The van der Waals surface area contributed by atoms with Crippen LogP contribution in [0.3, 0.4) is 0 Å². The number of benzene rings is 2. The number of hydrogen-bond donors (Lipinski definition) is 0. The Balaban J connectivity index is 2.10. The van der Waals surface area contributed by atoms with Crippen molar-refractivity contribution >= 4 is 17.1 Å². The molecular formula is C20H30N3+3. The Hall–Kier alpha value is -1.68. The summed E-state index contributed by atoms with van der Waals surface area (Å²) in [7, 11) is 15.9. The Morgan fingerprint density at radius 3 is 1.52 bits per heavy atom. The van der Waals surface area contributed by atoms with Crippen LogP contribution in [0.15, 0.2) is 48.5 Å². The van der Waals surface area contributed by atoms with Gasteiger partial charge in [-0.3, -0.25) is 4.48 Å². The molecule has 0 amide bonds. The van der Waals surface area contributed by atoms with E-state index < -0.39 is 0 Å². The van der Waals surface area contributed by atoms with Gasteiger partial charge in [-0.25, -0.2) is 8.97 Å². The average Bonchev–Trinajstić information content (AvgIpc) is 2.62. The molecule has 2 aromatic rings. The smallest absolute Gasteiger partial charge is 0.252 e. The molecule has 0 spiro atoms. The van der Waals surface area contributed by atoms with Crippen LogP contribution >= 0.6 is 0 Å². The van der Waals surface area contributed by atoms with Crippen molar-refractivity contribution in [1.82, 2.24) is 13.4 Å². The second kappa shape index (κ2) is 4.91. The summed E-state index contributed by atoms with van der Waals surface area (Å²) in [5.74, 6) is 0. The average molecular weight is 312 g/mol. The number of para-hydroxylation sites is 2. The van der Waals surface area contributed by atoms with Gasteiger partial charge in [0.2, 0.25) is 0 Å². The SMILES string of the molecule is C[N+](C)(C)c1ccc(C2[N+](C)(C)c3ccccc3[N+]2(C)C)cc1. The quantitative estimate of drug-likeness (QED) is 0.741. The monoisotopic (exact) mass is 312 g/mol. The molecule has 2 aromatic carbocycles. The highest BCUT2D eigenvalue weighted by Gasteiger charge is 2.55. The second-order valence-corrected chi connectivity index (χ2v) is 8.55. The van der Waals surface area contributed by atoms with Crippen LogP contribution in [-0.2, 0) is 0 Å². The van der Waals surface area contributed by atoms with E-state index >= 15 is 0 Å². The molecule has 1 aliphatic rings. The van der Waals surface area contributed by atoms with Gasteiger partial charge in [0.1, 0.15) is 5.69 Å². The van der Waals surface area contributed by atoms with Crippen molar-refractivity contribution in [3.8, 4) is 0 Å². The molecule has 0 aromatic heterocycles. The maximum atomic E-state index is 2.32. The first-order valence-corrected chi connectivity index (χ1v) is 8.26. The molecule has 0 atom stereocenters.